The Morgan fingerprint density at radius 3 is 2.44 bits per heavy atom. The van der Waals surface area contributed by atoms with Crippen LogP contribution in [0, 0.1) is 0 Å². The maximum atomic E-state index is 12.4. The van der Waals surface area contributed by atoms with Crippen molar-refractivity contribution in [3.8, 4) is 5.75 Å². The Kier molecular flexibility index (Phi) is 13.4. The van der Waals surface area contributed by atoms with Crippen LogP contribution in [-0.2, 0) is 6.54 Å². The van der Waals surface area contributed by atoms with Crippen molar-refractivity contribution < 1.29 is 13.5 Å². The minimum absolute atomic E-state index is 0. The van der Waals surface area contributed by atoms with Crippen molar-refractivity contribution in [3.05, 3.63) is 29.8 Å². The number of benzene rings is 1. The predicted octanol–water partition coefficient (Wildman–Crippen LogP) is 3.30. The van der Waals surface area contributed by atoms with Gasteiger partial charge >= 0.3 is 6.61 Å². The van der Waals surface area contributed by atoms with Gasteiger partial charge in [0.15, 0.2) is 5.96 Å². The van der Waals surface area contributed by atoms with Crippen LogP contribution in [0.3, 0.4) is 0 Å². The predicted molar refractivity (Wildman–Crippen MR) is 109 cm³/mol. The first-order chi connectivity index (χ1) is 11.6. The van der Waals surface area contributed by atoms with Crippen molar-refractivity contribution in [2.24, 2.45) is 4.99 Å². The zero-order chi connectivity index (χ0) is 17.8. The number of hydrogen-bond acceptors (Lipinski definition) is 3. The second-order valence-electron chi connectivity index (χ2n) is 5.14. The van der Waals surface area contributed by atoms with Gasteiger partial charge in [-0.3, -0.25) is 0 Å². The Bertz CT molecular complexity index is 499. The number of nitrogens with one attached hydrogen (secondary N) is 2. The summed E-state index contributed by atoms with van der Waals surface area (Å²) in [6, 6.07) is 6.71. The molecule has 0 saturated heterocycles. The molecule has 0 unspecified atom stereocenters. The Hall–Kier alpha value is -1.16. The molecular formula is C17H29F2IN4O. The van der Waals surface area contributed by atoms with E-state index in [4.69, 9.17) is 0 Å². The summed E-state index contributed by atoms with van der Waals surface area (Å²) in [5, 5.41) is 6.41. The van der Waals surface area contributed by atoms with E-state index in [-0.39, 0.29) is 36.3 Å². The van der Waals surface area contributed by atoms with Crippen LogP contribution in [0.1, 0.15) is 26.3 Å². The maximum Gasteiger partial charge on any atom is 0.387 e. The number of alkyl halides is 2. The molecule has 0 spiro atoms. The second kappa shape index (κ2) is 14.1. The quantitative estimate of drug-likeness (QED) is 0.313. The lowest BCUT2D eigenvalue weighted by atomic mass is 10.2. The molecular weight excluding hydrogens is 441 g/mol. The van der Waals surface area contributed by atoms with Crippen LogP contribution in [0.25, 0.3) is 0 Å². The van der Waals surface area contributed by atoms with Crippen LogP contribution in [0.2, 0.25) is 0 Å². The zero-order valence-electron chi connectivity index (χ0n) is 15.1. The van der Waals surface area contributed by atoms with Crippen molar-refractivity contribution >= 4 is 29.9 Å². The number of nitrogens with zero attached hydrogens (tertiary/aromatic N) is 2. The molecule has 0 aliphatic carbocycles. The van der Waals surface area contributed by atoms with E-state index in [0.29, 0.717) is 11.5 Å². The molecule has 5 nitrogen and oxygen atoms in total. The normalized spacial score (nSPS) is 11.4. The fraction of sp³-hybridized carbons (Fsp3) is 0.588. The highest BCUT2D eigenvalue weighted by Crippen LogP contribution is 2.20. The number of rotatable bonds is 10. The van der Waals surface area contributed by atoms with E-state index in [1.54, 1.807) is 18.2 Å². The molecule has 1 rings (SSSR count). The van der Waals surface area contributed by atoms with E-state index in [1.807, 2.05) is 6.92 Å². The van der Waals surface area contributed by atoms with E-state index in [9.17, 15) is 8.78 Å². The third-order valence-corrected chi connectivity index (χ3v) is 3.56. The van der Waals surface area contributed by atoms with Gasteiger partial charge in [0, 0.05) is 25.2 Å². The molecule has 144 valence electrons. The summed E-state index contributed by atoms with van der Waals surface area (Å²) < 4.78 is 29.4. The van der Waals surface area contributed by atoms with Gasteiger partial charge in [-0.25, -0.2) is 4.99 Å². The molecule has 1 aromatic rings. The van der Waals surface area contributed by atoms with Gasteiger partial charge in [-0.1, -0.05) is 32.0 Å². The molecule has 1 aromatic carbocycles. The van der Waals surface area contributed by atoms with Crippen LogP contribution in [0.15, 0.2) is 29.3 Å². The van der Waals surface area contributed by atoms with Crippen LogP contribution in [-0.4, -0.2) is 50.2 Å². The lowest BCUT2D eigenvalue weighted by Crippen LogP contribution is -2.41. The standard InChI is InChI=1S/C17H28F2N4O.HI/c1-4-20-17(21-11-12-23(5-2)6-3)22-13-14-9-7-8-10-15(14)24-16(18)19;/h7-10,16H,4-6,11-13H2,1-3H3,(H2,20,21,22);1H. The number of halogens is 3. The molecule has 0 amide bonds. The van der Waals surface area contributed by atoms with Crippen molar-refractivity contribution in [2.75, 3.05) is 32.7 Å². The van der Waals surface area contributed by atoms with Gasteiger partial charge in [0.1, 0.15) is 5.75 Å². The molecule has 0 atom stereocenters. The average Bonchev–Trinajstić information content (AvgIpc) is 2.57. The van der Waals surface area contributed by atoms with Gasteiger partial charge < -0.3 is 20.3 Å². The van der Waals surface area contributed by atoms with E-state index in [0.717, 1.165) is 32.7 Å². The highest BCUT2D eigenvalue weighted by atomic mass is 127. The topological polar surface area (TPSA) is 48.9 Å². The fourth-order valence-corrected chi connectivity index (χ4v) is 2.22. The van der Waals surface area contributed by atoms with Gasteiger partial charge in [0.25, 0.3) is 0 Å². The number of para-hydroxylation sites is 1. The molecule has 8 heteroatoms. The Morgan fingerprint density at radius 2 is 1.84 bits per heavy atom. The Labute approximate surface area is 166 Å². The third-order valence-electron chi connectivity index (χ3n) is 3.56. The molecule has 0 radical (unpaired) electrons. The minimum atomic E-state index is -2.84. The minimum Gasteiger partial charge on any atom is -0.434 e. The third kappa shape index (κ3) is 9.78. The molecule has 0 aliphatic rings. The number of aliphatic imine (C=N–C) groups is 1. The van der Waals surface area contributed by atoms with Crippen LogP contribution in [0.5, 0.6) is 5.75 Å². The van der Waals surface area contributed by atoms with Crippen molar-refractivity contribution in [1.82, 2.24) is 15.5 Å². The summed E-state index contributed by atoms with van der Waals surface area (Å²) in [5.41, 5.74) is 0.624. The summed E-state index contributed by atoms with van der Waals surface area (Å²) in [4.78, 5) is 6.76. The first-order valence-corrected chi connectivity index (χ1v) is 8.37. The van der Waals surface area contributed by atoms with Gasteiger partial charge in [0.2, 0.25) is 0 Å². The lowest BCUT2D eigenvalue weighted by molar-refractivity contribution is -0.0504. The van der Waals surface area contributed by atoms with Crippen molar-refractivity contribution in [1.29, 1.82) is 0 Å². The SMILES string of the molecule is CCNC(=NCc1ccccc1OC(F)F)NCCN(CC)CC.I. The summed E-state index contributed by atoms with van der Waals surface area (Å²) >= 11 is 0. The smallest absolute Gasteiger partial charge is 0.387 e. The lowest BCUT2D eigenvalue weighted by Gasteiger charge is -2.19. The molecule has 0 heterocycles. The summed E-state index contributed by atoms with van der Waals surface area (Å²) in [6.45, 7) is 8.09. The highest BCUT2D eigenvalue weighted by Gasteiger charge is 2.09. The van der Waals surface area contributed by atoms with Crippen LogP contribution >= 0.6 is 24.0 Å². The largest absolute Gasteiger partial charge is 0.434 e. The van der Waals surface area contributed by atoms with Gasteiger partial charge in [0.05, 0.1) is 6.54 Å². The van der Waals surface area contributed by atoms with E-state index in [2.05, 4.69) is 39.1 Å². The highest BCUT2D eigenvalue weighted by molar-refractivity contribution is 14.0. The molecule has 0 saturated carbocycles. The molecule has 0 fully saturated rings. The number of guanidine groups is 1. The van der Waals surface area contributed by atoms with Crippen molar-refractivity contribution in [3.63, 3.8) is 0 Å². The van der Waals surface area contributed by atoms with E-state index < -0.39 is 6.61 Å². The summed E-state index contributed by atoms with van der Waals surface area (Å²) in [7, 11) is 0. The molecule has 0 aromatic heterocycles. The van der Waals surface area contributed by atoms with Gasteiger partial charge in [-0.05, 0) is 26.1 Å². The summed E-state index contributed by atoms with van der Waals surface area (Å²) in [6.07, 6.45) is 0. The van der Waals surface area contributed by atoms with Crippen LogP contribution < -0.4 is 15.4 Å². The Balaban J connectivity index is 0.00000576. The first kappa shape index (κ1) is 23.8. The average molecular weight is 470 g/mol. The molecule has 0 bridgehead atoms. The fourth-order valence-electron chi connectivity index (χ4n) is 2.22. The van der Waals surface area contributed by atoms with Crippen LogP contribution in [0.4, 0.5) is 8.78 Å². The molecule has 25 heavy (non-hydrogen) atoms. The summed E-state index contributed by atoms with van der Waals surface area (Å²) in [5.74, 6) is 0.826. The van der Waals surface area contributed by atoms with E-state index in [1.165, 1.54) is 6.07 Å². The molecule has 0 aliphatic heterocycles. The van der Waals surface area contributed by atoms with Gasteiger partial charge in [-0.2, -0.15) is 8.78 Å². The van der Waals surface area contributed by atoms with E-state index >= 15 is 0 Å². The van der Waals surface area contributed by atoms with Gasteiger partial charge in [-0.15, -0.1) is 24.0 Å². The second-order valence-corrected chi connectivity index (χ2v) is 5.14. The number of ether oxygens (including phenoxy) is 1. The monoisotopic (exact) mass is 470 g/mol. The number of likely N-dealkylation sites (N-methyl/N-ethyl adjacent to an activating group) is 1. The first-order valence-electron chi connectivity index (χ1n) is 8.37. The van der Waals surface area contributed by atoms with Crippen molar-refractivity contribution in [2.45, 2.75) is 33.9 Å². The maximum absolute atomic E-state index is 12.4. The Morgan fingerprint density at radius 1 is 1.16 bits per heavy atom. The number of hydrogen-bond donors (Lipinski definition) is 2. The zero-order valence-corrected chi connectivity index (χ0v) is 17.4. The molecule has 2 N–H and O–H groups in total.